The van der Waals surface area contributed by atoms with E-state index in [9.17, 15) is 17.3 Å². The van der Waals surface area contributed by atoms with Crippen LogP contribution in [0.15, 0.2) is 12.4 Å². The molecule has 0 fully saturated rings. The molecule has 108 valence electrons. The van der Waals surface area contributed by atoms with Crippen molar-refractivity contribution in [2.45, 2.75) is 39.5 Å². The molecule has 1 aliphatic heterocycles. The van der Waals surface area contributed by atoms with Crippen molar-refractivity contribution in [1.82, 2.24) is 9.80 Å². The van der Waals surface area contributed by atoms with Crippen LogP contribution in [0, 0.1) is 0 Å². The molecule has 2 nitrogen and oxygen atoms in total. The maximum Gasteiger partial charge on any atom is 0.673 e. The summed E-state index contributed by atoms with van der Waals surface area (Å²) < 4.78 is 39.0. The van der Waals surface area contributed by atoms with E-state index in [1.807, 2.05) is 0 Å². The van der Waals surface area contributed by atoms with Crippen LogP contribution < -0.4 is 0 Å². The Morgan fingerprint density at radius 1 is 0.944 bits per heavy atom. The molecule has 1 rings (SSSR count). The first-order valence-electron chi connectivity index (χ1n) is 6.40. The van der Waals surface area contributed by atoms with Crippen LogP contribution in [0.5, 0.6) is 0 Å². The van der Waals surface area contributed by atoms with Gasteiger partial charge in [-0.3, -0.25) is 0 Å². The fraction of sp³-hybridized carbons (Fsp3) is 0.818. The van der Waals surface area contributed by atoms with Gasteiger partial charge in [0.05, 0.1) is 6.67 Å². The first-order chi connectivity index (χ1) is 8.36. The van der Waals surface area contributed by atoms with E-state index in [1.54, 1.807) is 0 Å². The van der Waals surface area contributed by atoms with Crippen molar-refractivity contribution >= 4 is 7.25 Å². The van der Waals surface area contributed by atoms with Gasteiger partial charge in [-0.05, 0) is 13.3 Å². The second kappa shape index (κ2) is 9.11. The standard InChI is InChI=1S/C11H22N2.BF4/c1-3-5-6-7-8-13-10-9-12(4-2)11-13;2-1(3,4)5/h9-10H,3-8,11H2,1-2H3;/q;-1. The summed E-state index contributed by atoms with van der Waals surface area (Å²) in [5, 5.41) is 0. The van der Waals surface area contributed by atoms with Crippen molar-refractivity contribution in [1.29, 1.82) is 0 Å². The molecule has 0 aromatic rings. The van der Waals surface area contributed by atoms with Crippen LogP contribution in [-0.4, -0.2) is 36.8 Å². The number of hydrogen-bond donors (Lipinski definition) is 0. The second-order valence-corrected chi connectivity index (χ2v) is 4.21. The van der Waals surface area contributed by atoms with Gasteiger partial charge in [-0.1, -0.05) is 26.2 Å². The quantitative estimate of drug-likeness (QED) is 0.409. The van der Waals surface area contributed by atoms with Gasteiger partial charge in [0.2, 0.25) is 0 Å². The molecule has 1 heterocycles. The van der Waals surface area contributed by atoms with Crippen molar-refractivity contribution < 1.29 is 17.3 Å². The van der Waals surface area contributed by atoms with Crippen molar-refractivity contribution in [2.24, 2.45) is 0 Å². The molecule has 0 aliphatic carbocycles. The first-order valence-corrected chi connectivity index (χ1v) is 6.40. The molecule has 0 bridgehead atoms. The van der Waals surface area contributed by atoms with Gasteiger partial charge in [0.1, 0.15) is 0 Å². The predicted molar refractivity (Wildman–Crippen MR) is 67.4 cm³/mol. The lowest BCUT2D eigenvalue weighted by Gasteiger charge is -2.19. The minimum Gasteiger partial charge on any atom is -0.418 e. The largest absolute Gasteiger partial charge is 0.673 e. The van der Waals surface area contributed by atoms with Gasteiger partial charge in [0, 0.05) is 25.5 Å². The van der Waals surface area contributed by atoms with Crippen LogP contribution in [-0.2, 0) is 0 Å². The first kappa shape index (κ1) is 17.1. The van der Waals surface area contributed by atoms with Crippen molar-refractivity contribution in [3.63, 3.8) is 0 Å². The molecule has 0 radical (unpaired) electrons. The summed E-state index contributed by atoms with van der Waals surface area (Å²) in [7, 11) is -6.00. The minimum absolute atomic E-state index is 1.10. The minimum atomic E-state index is -6.00. The van der Waals surface area contributed by atoms with Crippen LogP contribution in [0.2, 0.25) is 0 Å². The third kappa shape index (κ3) is 11.6. The van der Waals surface area contributed by atoms with Crippen LogP contribution in [0.25, 0.3) is 0 Å². The Labute approximate surface area is 107 Å². The summed E-state index contributed by atoms with van der Waals surface area (Å²) >= 11 is 0. The fourth-order valence-electron chi connectivity index (χ4n) is 1.61. The molecule has 1 aliphatic rings. The molecule has 0 saturated carbocycles. The summed E-state index contributed by atoms with van der Waals surface area (Å²) in [5.74, 6) is 0. The molecule has 0 aromatic carbocycles. The van der Waals surface area contributed by atoms with E-state index < -0.39 is 7.25 Å². The Hall–Kier alpha value is -0.875. The van der Waals surface area contributed by atoms with Gasteiger partial charge in [-0.25, -0.2) is 0 Å². The van der Waals surface area contributed by atoms with Crippen LogP contribution >= 0.6 is 0 Å². The summed E-state index contributed by atoms with van der Waals surface area (Å²) in [6.07, 6.45) is 9.85. The third-order valence-electron chi connectivity index (χ3n) is 2.56. The van der Waals surface area contributed by atoms with E-state index in [0.717, 1.165) is 13.2 Å². The third-order valence-corrected chi connectivity index (χ3v) is 2.56. The molecular weight excluding hydrogens is 247 g/mol. The van der Waals surface area contributed by atoms with Crippen LogP contribution in [0.1, 0.15) is 39.5 Å². The van der Waals surface area contributed by atoms with E-state index in [2.05, 4.69) is 36.0 Å². The SMILES string of the molecule is CCCCCCN1C=CN(CC)C1.F[B-](F)(F)F. The van der Waals surface area contributed by atoms with E-state index in [4.69, 9.17) is 0 Å². The van der Waals surface area contributed by atoms with Crippen molar-refractivity contribution in [3.05, 3.63) is 12.4 Å². The van der Waals surface area contributed by atoms with Crippen molar-refractivity contribution in [3.8, 4) is 0 Å². The molecular formula is C11H22BF4N2-. The summed E-state index contributed by atoms with van der Waals surface area (Å²) in [5.41, 5.74) is 0. The van der Waals surface area contributed by atoms with Gasteiger partial charge < -0.3 is 27.1 Å². The molecule has 0 unspecified atom stereocenters. The highest BCUT2D eigenvalue weighted by Crippen LogP contribution is 2.08. The zero-order valence-electron chi connectivity index (χ0n) is 11.1. The Morgan fingerprint density at radius 2 is 1.50 bits per heavy atom. The summed E-state index contributed by atoms with van der Waals surface area (Å²) in [6.45, 7) is 7.91. The molecule has 7 heteroatoms. The van der Waals surface area contributed by atoms with Gasteiger partial charge in [-0.2, -0.15) is 0 Å². The highest BCUT2D eigenvalue weighted by atomic mass is 19.5. The van der Waals surface area contributed by atoms with Gasteiger partial charge in [0.25, 0.3) is 0 Å². The van der Waals surface area contributed by atoms with Crippen molar-refractivity contribution in [2.75, 3.05) is 19.8 Å². The van der Waals surface area contributed by atoms with Gasteiger partial charge >= 0.3 is 7.25 Å². The monoisotopic (exact) mass is 269 g/mol. The molecule has 0 N–H and O–H groups in total. The maximum atomic E-state index is 9.75. The molecule has 0 aromatic heterocycles. The fourth-order valence-corrected chi connectivity index (χ4v) is 1.61. The number of halogens is 4. The lowest BCUT2D eigenvalue weighted by atomic mass is 10.2. The highest BCUT2D eigenvalue weighted by Gasteiger charge is 2.20. The van der Waals surface area contributed by atoms with E-state index in [-0.39, 0.29) is 0 Å². The zero-order chi connectivity index (χ0) is 14.0. The maximum absolute atomic E-state index is 9.75. The molecule has 0 amide bonds. The lowest BCUT2D eigenvalue weighted by Crippen LogP contribution is -2.25. The molecule has 0 atom stereocenters. The normalized spacial score (nSPS) is 14.8. The molecule has 0 saturated heterocycles. The average Bonchev–Trinajstić information content (AvgIpc) is 2.70. The van der Waals surface area contributed by atoms with E-state index in [1.165, 1.54) is 32.2 Å². The summed E-state index contributed by atoms with van der Waals surface area (Å²) in [6, 6.07) is 0. The van der Waals surface area contributed by atoms with Gasteiger partial charge in [0.15, 0.2) is 0 Å². The Bertz CT molecular complexity index is 228. The van der Waals surface area contributed by atoms with Crippen LogP contribution in [0.4, 0.5) is 17.3 Å². The number of hydrogen-bond acceptors (Lipinski definition) is 2. The highest BCUT2D eigenvalue weighted by molar-refractivity contribution is 6.50. The summed E-state index contributed by atoms with van der Waals surface area (Å²) in [4.78, 5) is 4.74. The zero-order valence-corrected chi connectivity index (χ0v) is 11.1. The number of nitrogens with zero attached hydrogens (tertiary/aromatic N) is 2. The smallest absolute Gasteiger partial charge is 0.418 e. The average molecular weight is 269 g/mol. The molecule has 0 spiro atoms. The Morgan fingerprint density at radius 3 is 1.94 bits per heavy atom. The Kier molecular flexibility index (Phi) is 8.67. The lowest BCUT2D eigenvalue weighted by molar-refractivity contribution is 0.269. The molecule has 18 heavy (non-hydrogen) atoms. The number of rotatable bonds is 6. The van der Waals surface area contributed by atoms with E-state index in [0.29, 0.717) is 0 Å². The number of unbranched alkanes of at least 4 members (excludes halogenated alkanes) is 3. The topological polar surface area (TPSA) is 6.48 Å². The second-order valence-electron chi connectivity index (χ2n) is 4.21. The predicted octanol–water partition coefficient (Wildman–Crippen LogP) is 3.93. The Balaban J connectivity index is 0.000000494. The van der Waals surface area contributed by atoms with Gasteiger partial charge in [-0.15, -0.1) is 0 Å². The van der Waals surface area contributed by atoms with Crippen LogP contribution in [0.3, 0.4) is 0 Å². The van der Waals surface area contributed by atoms with E-state index >= 15 is 0 Å².